The molecular formula is C10H11ClN2O2. The summed E-state index contributed by atoms with van der Waals surface area (Å²) in [6.07, 6.45) is 0.776. The third kappa shape index (κ3) is 1.90. The van der Waals surface area contributed by atoms with Gasteiger partial charge in [0.25, 0.3) is 0 Å². The number of pyridine rings is 1. The standard InChI is InChI=1S/C10H11ClN2O2/c1-15-10-7(2-3-8(11)13-10)6-4-5-12-9(6)14/h2-3,6H,4-5H2,1H3,(H,12,14). The second kappa shape index (κ2) is 4.06. The number of nitrogens with one attached hydrogen (secondary N) is 1. The number of aromatic nitrogens is 1. The van der Waals surface area contributed by atoms with Crippen LogP contribution in [-0.2, 0) is 4.79 Å². The van der Waals surface area contributed by atoms with Gasteiger partial charge >= 0.3 is 0 Å². The van der Waals surface area contributed by atoms with Gasteiger partial charge < -0.3 is 10.1 Å². The van der Waals surface area contributed by atoms with Crippen molar-refractivity contribution >= 4 is 17.5 Å². The highest BCUT2D eigenvalue weighted by Gasteiger charge is 2.28. The Balaban J connectivity index is 2.38. The Morgan fingerprint density at radius 3 is 3.00 bits per heavy atom. The molecule has 1 saturated heterocycles. The second-order valence-electron chi connectivity index (χ2n) is 3.36. The van der Waals surface area contributed by atoms with Gasteiger partial charge in [-0.3, -0.25) is 4.79 Å². The molecule has 0 bridgehead atoms. The predicted molar refractivity (Wildman–Crippen MR) is 56.2 cm³/mol. The summed E-state index contributed by atoms with van der Waals surface area (Å²) in [5.74, 6) is 0.298. The number of carbonyl (C=O) groups is 1. The minimum absolute atomic E-state index is 0.0254. The zero-order chi connectivity index (χ0) is 10.8. The fourth-order valence-corrected chi connectivity index (χ4v) is 1.89. The number of hydrogen-bond donors (Lipinski definition) is 1. The normalized spacial score (nSPS) is 20.1. The number of methoxy groups -OCH3 is 1. The molecule has 0 spiro atoms. The number of carbonyl (C=O) groups excluding carboxylic acids is 1. The van der Waals surface area contributed by atoms with Crippen molar-refractivity contribution in [1.29, 1.82) is 0 Å². The molecule has 1 fully saturated rings. The highest BCUT2D eigenvalue weighted by Crippen LogP contribution is 2.30. The Bertz CT molecular complexity index is 395. The molecule has 5 heteroatoms. The Hall–Kier alpha value is -1.29. The van der Waals surface area contributed by atoms with Crippen LogP contribution >= 0.6 is 11.6 Å². The van der Waals surface area contributed by atoms with Crippen LogP contribution < -0.4 is 10.1 Å². The highest BCUT2D eigenvalue weighted by atomic mass is 35.5. The molecule has 1 amide bonds. The van der Waals surface area contributed by atoms with Crippen LogP contribution in [-0.4, -0.2) is 24.5 Å². The zero-order valence-electron chi connectivity index (χ0n) is 8.29. The molecule has 80 valence electrons. The number of amides is 1. The van der Waals surface area contributed by atoms with E-state index in [2.05, 4.69) is 10.3 Å². The van der Waals surface area contributed by atoms with E-state index in [9.17, 15) is 4.79 Å². The number of rotatable bonds is 2. The summed E-state index contributed by atoms with van der Waals surface area (Å²) >= 11 is 5.75. The average Bonchev–Trinajstić information content (AvgIpc) is 2.64. The van der Waals surface area contributed by atoms with Gasteiger partial charge in [0, 0.05) is 12.1 Å². The molecule has 2 rings (SSSR count). The van der Waals surface area contributed by atoms with Gasteiger partial charge in [-0.2, -0.15) is 0 Å². The van der Waals surface area contributed by atoms with E-state index >= 15 is 0 Å². The lowest BCUT2D eigenvalue weighted by molar-refractivity contribution is -0.120. The van der Waals surface area contributed by atoms with Gasteiger partial charge in [0.05, 0.1) is 13.0 Å². The van der Waals surface area contributed by atoms with Crippen LogP contribution in [0, 0.1) is 0 Å². The Labute approximate surface area is 92.6 Å². The monoisotopic (exact) mass is 226 g/mol. The van der Waals surface area contributed by atoms with Gasteiger partial charge in [-0.15, -0.1) is 0 Å². The van der Waals surface area contributed by atoms with Crippen molar-refractivity contribution in [2.45, 2.75) is 12.3 Å². The molecule has 1 aromatic heterocycles. The third-order valence-corrected chi connectivity index (χ3v) is 2.68. The van der Waals surface area contributed by atoms with Crippen molar-refractivity contribution in [3.63, 3.8) is 0 Å². The van der Waals surface area contributed by atoms with Gasteiger partial charge in [0.1, 0.15) is 5.15 Å². The summed E-state index contributed by atoms with van der Waals surface area (Å²) in [5.41, 5.74) is 0.803. The maximum Gasteiger partial charge on any atom is 0.227 e. The molecule has 0 radical (unpaired) electrons. The highest BCUT2D eigenvalue weighted by molar-refractivity contribution is 6.29. The number of nitrogens with zero attached hydrogens (tertiary/aromatic N) is 1. The molecule has 1 N–H and O–H groups in total. The summed E-state index contributed by atoms with van der Waals surface area (Å²) < 4.78 is 5.11. The van der Waals surface area contributed by atoms with Crippen molar-refractivity contribution in [1.82, 2.24) is 10.3 Å². The van der Waals surface area contributed by atoms with E-state index in [4.69, 9.17) is 16.3 Å². The lowest BCUT2D eigenvalue weighted by Gasteiger charge is -2.11. The molecule has 15 heavy (non-hydrogen) atoms. The van der Waals surface area contributed by atoms with Gasteiger partial charge in [-0.1, -0.05) is 11.6 Å². The minimum Gasteiger partial charge on any atom is -0.481 e. The molecule has 2 heterocycles. The summed E-state index contributed by atoms with van der Waals surface area (Å²) in [6.45, 7) is 0.704. The van der Waals surface area contributed by atoms with E-state index in [1.807, 2.05) is 0 Å². The van der Waals surface area contributed by atoms with Crippen LogP contribution in [0.4, 0.5) is 0 Å². The summed E-state index contributed by atoms with van der Waals surface area (Å²) in [7, 11) is 1.52. The molecule has 0 saturated carbocycles. The first-order valence-corrected chi connectivity index (χ1v) is 5.08. The molecule has 0 aliphatic carbocycles. The third-order valence-electron chi connectivity index (χ3n) is 2.47. The first kappa shape index (κ1) is 10.2. The van der Waals surface area contributed by atoms with Crippen LogP contribution in [0.3, 0.4) is 0 Å². The minimum atomic E-state index is -0.162. The number of ether oxygens (including phenoxy) is 1. The lowest BCUT2D eigenvalue weighted by atomic mass is 9.99. The van der Waals surface area contributed by atoms with E-state index < -0.39 is 0 Å². The fraction of sp³-hybridized carbons (Fsp3) is 0.400. The van der Waals surface area contributed by atoms with Crippen LogP contribution in [0.25, 0.3) is 0 Å². The molecule has 1 aromatic rings. The maximum absolute atomic E-state index is 11.5. The van der Waals surface area contributed by atoms with E-state index in [0.717, 1.165) is 12.0 Å². The average molecular weight is 227 g/mol. The van der Waals surface area contributed by atoms with E-state index in [1.54, 1.807) is 12.1 Å². The van der Waals surface area contributed by atoms with E-state index in [-0.39, 0.29) is 11.8 Å². The first-order chi connectivity index (χ1) is 7.22. The van der Waals surface area contributed by atoms with Gasteiger partial charge in [0.2, 0.25) is 11.8 Å². The van der Waals surface area contributed by atoms with Crippen LogP contribution in [0.5, 0.6) is 5.88 Å². The number of hydrogen-bond acceptors (Lipinski definition) is 3. The SMILES string of the molecule is COc1nc(Cl)ccc1C1CCNC1=O. The Morgan fingerprint density at radius 1 is 1.60 bits per heavy atom. The van der Waals surface area contributed by atoms with Gasteiger partial charge in [0.15, 0.2) is 0 Å². The number of halogens is 1. The van der Waals surface area contributed by atoms with Crippen LogP contribution in [0.2, 0.25) is 5.15 Å². The first-order valence-electron chi connectivity index (χ1n) is 4.70. The summed E-state index contributed by atoms with van der Waals surface area (Å²) in [4.78, 5) is 15.5. The van der Waals surface area contributed by atoms with Crippen molar-refractivity contribution in [2.24, 2.45) is 0 Å². The summed E-state index contributed by atoms with van der Waals surface area (Å²) in [6, 6.07) is 3.47. The topological polar surface area (TPSA) is 51.2 Å². The Kier molecular flexibility index (Phi) is 2.77. The molecule has 1 unspecified atom stereocenters. The van der Waals surface area contributed by atoms with Crippen molar-refractivity contribution in [3.05, 3.63) is 22.8 Å². The quantitative estimate of drug-likeness (QED) is 0.775. The van der Waals surface area contributed by atoms with Crippen molar-refractivity contribution in [2.75, 3.05) is 13.7 Å². The van der Waals surface area contributed by atoms with E-state index in [0.29, 0.717) is 17.6 Å². The van der Waals surface area contributed by atoms with Crippen LogP contribution in [0.15, 0.2) is 12.1 Å². The van der Waals surface area contributed by atoms with E-state index in [1.165, 1.54) is 7.11 Å². The molecule has 4 nitrogen and oxygen atoms in total. The maximum atomic E-state index is 11.5. The van der Waals surface area contributed by atoms with Gasteiger partial charge in [-0.05, 0) is 18.6 Å². The molecule has 1 aliphatic heterocycles. The molecule has 1 aliphatic rings. The second-order valence-corrected chi connectivity index (χ2v) is 3.75. The smallest absolute Gasteiger partial charge is 0.227 e. The summed E-state index contributed by atoms with van der Waals surface area (Å²) in [5, 5.41) is 3.15. The van der Waals surface area contributed by atoms with Crippen LogP contribution in [0.1, 0.15) is 17.9 Å². The fourth-order valence-electron chi connectivity index (χ4n) is 1.75. The molecular weight excluding hydrogens is 216 g/mol. The molecule has 1 atom stereocenters. The van der Waals surface area contributed by atoms with Gasteiger partial charge in [-0.25, -0.2) is 4.98 Å². The Morgan fingerprint density at radius 2 is 2.40 bits per heavy atom. The van der Waals surface area contributed by atoms with Crippen molar-refractivity contribution < 1.29 is 9.53 Å². The van der Waals surface area contributed by atoms with Crippen molar-refractivity contribution in [3.8, 4) is 5.88 Å². The molecule has 0 aromatic carbocycles. The predicted octanol–water partition coefficient (Wildman–Crippen LogP) is 1.35. The zero-order valence-corrected chi connectivity index (χ0v) is 9.04. The lowest BCUT2D eigenvalue weighted by Crippen LogP contribution is -2.18. The largest absolute Gasteiger partial charge is 0.481 e.